The third-order valence-corrected chi connectivity index (χ3v) is 5.25. The summed E-state index contributed by atoms with van der Waals surface area (Å²) in [4.78, 5) is 6.56. The van der Waals surface area contributed by atoms with Crippen LogP contribution in [0.2, 0.25) is 0 Å². The standard InChI is InChI=1S/C16H22BrN3O/c17-13-16(4-9-21-10-5-16)14-20(8-2-6-18)12-15-3-1-7-19-11-15/h1,3,7,11H,2,4-5,8-10,12-14H2. The Bertz CT molecular complexity index is 454. The monoisotopic (exact) mass is 351 g/mol. The molecule has 1 aromatic rings. The first kappa shape index (κ1) is 16.4. The number of halogens is 1. The van der Waals surface area contributed by atoms with E-state index >= 15 is 0 Å². The molecule has 0 N–H and O–H groups in total. The smallest absolute Gasteiger partial charge is 0.0635 e. The quantitative estimate of drug-likeness (QED) is 0.708. The Morgan fingerprint density at radius 2 is 2.24 bits per heavy atom. The molecule has 2 rings (SSSR count). The summed E-state index contributed by atoms with van der Waals surface area (Å²) in [5, 5.41) is 9.88. The van der Waals surface area contributed by atoms with Gasteiger partial charge in [-0.2, -0.15) is 5.26 Å². The third-order valence-electron chi connectivity index (χ3n) is 4.06. The molecule has 0 aromatic carbocycles. The van der Waals surface area contributed by atoms with Gasteiger partial charge in [-0.1, -0.05) is 22.0 Å². The predicted molar refractivity (Wildman–Crippen MR) is 86.0 cm³/mol. The second kappa shape index (κ2) is 8.47. The molecule has 21 heavy (non-hydrogen) atoms. The lowest BCUT2D eigenvalue weighted by Crippen LogP contribution is -2.42. The van der Waals surface area contributed by atoms with Crippen molar-refractivity contribution in [2.45, 2.75) is 25.8 Å². The molecule has 1 aliphatic heterocycles. The van der Waals surface area contributed by atoms with Gasteiger partial charge in [0.1, 0.15) is 0 Å². The molecule has 1 aromatic heterocycles. The molecule has 0 atom stereocenters. The van der Waals surface area contributed by atoms with Crippen molar-refractivity contribution in [1.29, 1.82) is 5.26 Å². The van der Waals surface area contributed by atoms with Crippen molar-refractivity contribution in [1.82, 2.24) is 9.88 Å². The van der Waals surface area contributed by atoms with Crippen molar-refractivity contribution in [3.05, 3.63) is 30.1 Å². The van der Waals surface area contributed by atoms with Crippen LogP contribution in [0.1, 0.15) is 24.8 Å². The highest BCUT2D eigenvalue weighted by molar-refractivity contribution is 9.09. The minimum absolute atomic E-state index is 0.260. The van der Waals surface area contributed by atoms with Gasteiger partial charge >= 0.3 is 0 Å². The maximum atomic E-state index is 8.89. The van der Waals surface area contributed by atoms with Crippen LogP contribution in [0.25, 0.3) is 0 Å². The normalized spacial score (nSPS) is 17.6. The van der Waals surface area contributed by atoms with Gasteiger partial charge in [0.15, 0.2) is 0 Å². The fraction of sp³-hybridized carbons (Fsp3) is 0.625. The predicted octanol–water partition coefficient (Wildman–Crippen LogP) is 2.99. The van der Waals surface area contributed by atoms with Gasteiger partial charge in [-0.15, -0.1) is 0 Å². The number of alkyl halides is 1. The average Bonchev–Trinajstić information content (AvgIpc) is 2.54. The molecule has 0 spiro atoms. The molecule has 1 saturated heterocycles. The van der Waals surface area contributed by atoms with Crippen molar-refractivity contribution in [2.24, 2.45) is 5.41 Å². The Morgan fingerprint density at radius 3 is 2.86 bits per heavy atom. The molecule has 0 radical (unpaired) electrons. The zero-order valence-electron chi connectivity index (χ0n) is 12.3. The van der Waals surface area contributed by atoms with E-state index < -0.39 is 0 Å². The van der Waals surface area contributed by atoms with E-state index in [1.165, 1.54) is 5.56 Å². The summed E-state index contributed by atoms with van der Waals surface area (Å²) in [5.41, 5.74) is 1.46. The lowest BCUT2D eigenvalue weighted by Gasteiger charge is -2.39. The highest BCUT2D eigenvalue weighted by atomic mass is 79.9. The lowest BCUT2D eigenvalue weighted by molar-refractivity contribution is 0.00709. The van der Waals surface area contributed by atoms with Gasteiger partial charge in [-0.3, -0.25) is 9.88 Å². The number of aromatic nitrogens is 1. The first-order valence-electron chi connectivity index (χ1n) is 7.40. The van der Waals surface area contributed by atoms with Gasteiger partial charge in [0.25, 0.3) is 0 Å². The number of pyridine rings is 1. The van der Waals surface area contributed by atoms with Crippen LogP contribution in [0.3, 0.4) is 0 Å². The Labute approximate surface area is 135 Å². The van der Waals surface area contributed by atoms with Crippen molar-refractivity contribution in [3.8, 4) is 6.07 Å². The molecule has 114 valence electrons. The summed E-state index contributed by atoms with van der Waals surface area (Å²) in [6.07, 6.45) is 6.42. The lowest BCUT2D eigenvalue weighted by atomic mass is 9.81. The van der Waals surface area contributed by atoms with Crippen LogP contribution in [0.5, 0.6) is 0 Å². The Hall–Kier alpha value is -0.960. The van der Waals surface area contributed by atoms with Crippen LogP contribution in [0.4, 0.5) is 0 Å². The molecule has 0 bridgehead atoms. The Kier molecular flexibility index (Phi) is 6.62. The summed E-state index contributed by atoms with van der Waals surface area (Å²) in [6, 6.07) is 6.32. The van der Waals surface area contributed by atoms with Crippen LogP contribution in [0.15, 0.2) is 24.5 Å². The van der Waals surface area contributed by atoms with E-state index in [1.807, 2.05) is 12.3 Å². The molecule has 0 saturated carbocycles. The van der Waals surface area contributed by atoms with Crippen LogP contribution < -0.4 is 0 Å². The number of hydrogen-bond donors (Lipinski definition) is 0. The van der Waals surface area contributed by atoms with Gasteiger partial charge in [-0.05, 0) is 29.9 Å². The summed E-state index contributed by atoms with van der Waals surface area (Å²) >= 11 is 3.69. The second-order valence-electron chi connectivity index (χ2n) is 5.73. The van der Waals surface area contributed by atoms with Crippen LogP contribution in [-0.4, -0.2) is 41.5 Å². The Balaban J connectivity index is 2.02. The SMILES string of the molecule is N#CCCN(Cc1cccnc1)CC1(CBr)CCOCC1. The topological polar surface area (TPSA) is 49.2 Å². The number of nitriles is 1. The number of ether oxygens (including phenoxy) is 1. The molecule has 2 heterocycles. The van der Waals surface area contributed by atoms with Crippen molar-refractivity contribution in [2.75, 3.05) is 31.6 Å². The largest absolute Gasteiger partial charge is 0.381 e. The van der Waals surface area contributed by atoms with Crippen molar-refractivity contribution >= 4 is 15.9 Å². The highest BCUT2D eigenvalue weighted by Crippen LogP contribution is 2.34. The molecule has 0 unspecified atom stereocenters. The maximum absolute atomic E-state index is 8.89. The van der Waals surface area contributed by atoms with Gasteiger partial charge in [0.05, 0.1) is 6.07 Å². The summed E-state index contributed by atoms with van der Waals surface area (Å²) in [6.45, 7) is 4.33. The van der Waals surface area contributed by atoms with Gasteiger partial charge in [0, 0.05) is 57.0 Å². The van der Waals surface area contributed by atoms with Gasteiger partial charge in [-0.25, -0.2) is 0 Å². The Morgan fingerprint density at radius 1 is 1.43 bits per heavy atom. The van der Waals surface area contributed by atoms with E-state index in [4.69, 9.17) is 10.00 Å². The molecule has 4 nitrogen and oxygen atoms in total. The van der Waals surface area contributed by atoms with E-state index in [-0.39, 0.29) is 5.41 Å². The van der Waals surface area contributed by atoms with Crippen LogP contribution >= 0.6 is 15.9 Å². The molecular formula is C16H22BrN3O. The van der Waals surface area contributed by atoms with E-state index in [9.17, 15) is 0 Å². The fourth-order valence-corrected chi connectivity index (χ4v) is 3.52. The summed E-state index contributed by atoms with van der Waals surface area (Å²) in [7, 11) is 0. The molecule has 0 amide bonds. The van der Waals surface area contributed by atoms with E-state index in [2.05, 4.69) is 37.9 Å². The van der Waals surface area contributed by atoms with Crippen LogP contribution in [-0.2, 0) is 11.3 Å². The van der Waals surface area contributed by atoms with Crippen molar-refractivity contribution in [3.63, 3.8) is 0 Å². The number of nitrogens with zero attached hydrogens (tertiary/aromatic N) is 3. The van der Waals surface area contributed by atoms with Gasteiger partial charge < -0.3 is 4.74 Å². The first-order chi connectivity index (χ1) is 10.3. The highest BCUT2D eigenvalue weighted by Gasteiger charge is 2.33. The molecule has 1 aliphatic rings. The molecule has 0 aliphatic carbocycles. The third kappa shape index (κ3) is 5.06. The summed E-state index contributed by atoms with van der Waals surface area (Å²) in [5.74, 6) is 0. The van der Waals surface area contributed by atoms with E-state index in [0.29, 0.717) is 6.42 Å². The minimum atomic E-state index is 0.260. The number of hydrogen-bond acceptors (Lipinski definition) is 4. The average molecular weight is 352 g/mol. The van der Waals surface area contributed by atoms with Gasteiger partial charge in [0.2, 0.25) is 0 Å². The first-order valence-corrected chi connectivity index (χ1v) is 8.52. The summed E-state index contributed by atoms with van der Waals surface area (Å²) < 4.78 is 5.51. The second-order valence-corrected chi connectivity index (χ2v) is 6.29. The number of rotatable bonds is 7. The zero-order chi connectivity index (χ0) is 15.0. The molecular weight excluding hydrogens is 330 g/mol. The molecule has 1 fully saturated rings. The minimum Gasteiger partial charge on any atom is -0.381 e. The molecule has 5 heteroatoms. The van der Waals surface area contributed by atoms with E-state index in [0.717, 1.165) is 51.0 Å². The van der Waals surface area contributed by atoms with Crippen molar-refractivity contribution < 1.29 is 4.74 Å². The maximum Gasteiger partial charge on any atom is 0.0635 e. The van der Waals surface area contributed by atoms with Crippen LogP contribution in [0, 0.1) is 16.7 Å². The zero-order valence-corrected chi connectivity index (χ0v) is 13.9. The van der Waals surface area contributed by atoms with E-state index in [1.54, 1.807) is 6.20 Å². The fourth-order valence-electron chi connectivity index (χ4n) is 2.78.